The van der Waals surface area contributed by atoms with Crippen molar-refractivity contribution in [3.63, 3.8) is 0 Å². The molecule has 0 aromatic heterocycles. The van der Waals surface area contributed by atoms with Gasteiger partial charge >= 0.3 is 11.9 Å². The predicted octanol–water partition coefficient (Wildman–Crippen LogP) is 6.99. The highest BCUT2D eigenvalue weighted by Crippen LogP contribution is 2.19. The number of carbonyl (C=O) groups excluding carboxylic acids is 2. The second-order valence-electron chi connectivity index (χ2n) is 7.95. The summed E-state index contributed by atoms with van der Waals surface area (Å²) < 4.78 is 10.8. The smallest absolute Gasteiger partial charge is 0.308 e. The van der Waals surface area contributed by atoms with Crippen molar-refractivity contribution in [1.82, 2.24) is 0 Å². The van der Waals surface area contributed by atoms with E-state index >= 15 is 0 Å². The SMILES string of the molecule is CCCCCCOC(=O)CCCCCC(CCCC)C(=O)OCCCCCC. The first-order valence-electron chi connectivity index (χ1n) is 12.0. The van der Waals surface area contributed by atoms with E-state index in [1.165, 1.54) is 25.7 Å². The molecule has 0 aliphatic carbocycles. The zero-order valence-corrected chi connectivity index (χ0v) is 18.9. The molecule has 4 heteroatoms. The molecule has 0 N–H and O–H groups in total. The molecule has 1 unspecified atom stereocenters. The quantitative estimate of drug-likeness (QED) is 0.164. The first-order valence-corrected chi connectivity index (χ1v) is 12.0. The summed E-state index contributed by atoms with van der Waals surface area (Å²) in [6, 6.07) is 0. The molecule has 0 aromatic carbocycles. The summed E-state index contributed by atoms with van der Waals surface area (Å²) in [5.41, 5.74) is 0. The molecule has 0 amide bonds. The lowest BCUT2D eigenvalue weighted by Gasteiger charge is -2.15. The van der Waals surface area contributed by atoms with E-state index in [0.717, 1.165) is 70.6 Å². The van der Waals surface area contributed by atoms with E-state index in [1.807, 2.05) is 0 Å². The molecular weight excluding hydrogens is 352 g/mol. The van der Waals surface area contributed by atoms with Gasteiger partial charge in [-0.05, 0) is 32.1 Å². The van der Waals surface area contributed by atoms with Crippen LogP contribution in [-0.2, 0) is 19.1 Å². The lowest BCUT2D eigenvalue weighted by atomic mass is 9.95. The Morgan fingerprint density at radius 1 is 0.607 bits per heavy atom. The van der Waals surface area contributed by atoms with Crippen LogP contribution in [0.25, 0.3) is 0 Å². The summed E-state index contributed by atoms with van der Waals surface area (Å²) in [6.45, 7) is 7.63. The van der Waals surface area contributed by atoms with Crippen LogP contribution in [0.2, 0.25) is 0 Å². The highest BCUT2D eigenvalue weighted by Gasteiger charge is 2.19. The van der Waals surface area contributed by atoms with Crippen LogP contribution < -0.4 is 0 Å². The minimum absolute atomic E-state index is 0.0172. The van der Waals surface area contributed by atoms with Crippen LogP contribution in [0, 0.1) is 5.92 Å². The van der Waals surface area contributed by atoms with E-state index in [-0.39, 0.29) is 17.9 Å². The second-order valence-corrected chi connectivity index (χ2v) is 7.95. The number of rotatable bonds is 20. The maximum Gasteiger partial charge on any atom is 0.308 e. The third-order valence-electron chi connectivity index (χ3n) is 5.18. The lowest BCUT2D eigenvalue weighted by Crippen LogP contribution is -2.18. The molecule has 0 bridgehead atoms. The van der Waals surface area contributed by atoms with Gasteiger partial charge in [0.2, 0.25) is 0 Å². The van der Waals surface area contributed by atoms with E-state index in [2.05, 4.69) is 20.8 Å². The first kappa shape index (κ1) is 26.9. The molecule has 0 spiro atoms. The normalized spacial score (nSPS) is 12.0. The van der Waals surface area contributed by atoms with Gasteiger partial charge in [-0.1, -0.05) is 85.0 Å². The predicted molar refractivity (Wildman–Crippen MR) is 116 cm³/mol. The maximum absolute atomic E-state index is 12.4. The molecular formula is C24H46O4. The van der Waals surface area contributed by atoms with Crippen molar-refractivity contribution < 1.29 is 19.1 Å². The topological polar surface area (TPSA) is 52.6 Å². The number of hydrogen-bond donors (Lipinski definition) is 0. The highest BCUT2D eigenvalue weighted by atomic mass is 16.5. The van der Waals surface area contributed by atoms with Gasteiger partial charge in [0.15, 0.2) is 0 Å². The Kier molecular flexibility index (Phi) is 19.9. The van der Waals surface area contributed by atoms with Crippen LogP contribution in [-0.4, -0.2) is 25.2 Å². The molecule has 1 atom stereocenters. The van der Waals surface area contributed by atoms with Gasteiger partial charge in [-0.25, -0.2) is 0 Å². The molecule has 0 aliphatic heterocycles. The maximum atomic E-state index is 12.4. The summed E-state index contributed by atoms with van der Waals surface area (Å²) in [4.78, 5) is 24.1. The largest absolute Gasteiger partial charge is 0.466 e. The third-order valence-corrected chi connectivity index (χ3v) is 5.18. The zero-order valence-electron chi connectivity index (χ0n) is 18.9. The molecule has 0 saturated heterocycles. The number of hydrogen-bond acceptors (Lipinski definition) is 4. The number of carbonyl (C=O) groups is 2. The summed E-state index contributed by atoms with van der Waals surface area (Å²) in [7, 11) is 0. The standard InChI is InChI=1S/C24H46O4/c1-4-7-10-15-20-27-23(25)19-14-12-13-18-22(17-9-6-3)24(26)28-21-16-11-8-5-2/h22H,4-21H2,1-3H3. The summed E-state index contributed by atoms with van der Waals surface area (Å²) in [6.07, 6.45) is 16.3. The van der Waals surface area contributed by atoms with Gasteiger partial charge in [-0.3, -0.25) is 9.59 Å². The lowest BCUT2D eigenvalue weighted by molar-refractivity contribution is -0.149. The fraction of sp³-hybridized carbons (Fsp3) is 0.917. The van der Waals surface area contributed by atoms with E-state index in [4.69, 9.17) is 9.47 Å². The average molecular weight is 399 g/mol. The van der Waals surface area contributed by atoms with Crippen LogP contribution in [0.4, 0.5) is 0 Å². The highest BCUT2D eigenvalue weighted by molar-refractivity contribution is 5.72. The third kappa shape index (κ3) is 17.1. The van der Waals surface area contributed by atoms with Crippen LogP contribution in [0.1, 0.15) is 124 Å². The molecule has 0 aromatic rings. The molecule has 166 valence electrons. The Hall–Kier alpha value is -1.06. The molecule has 0 rings (SSSR count). The van der Waals surface area contributed by atoms with Crippen molar-refractivity contribution >= 4 is 11.9 Å². The van der Waals surface area contributed by atoms with Crippen molar-refractivity contribution in [2.24, 2.45) is 5.92 Å². The summed E-state index contributed by atoms with van der Waals surface area (Å²) in [5.74, 6) is -0.0707. The van der Waals surface area contributed by atoms with Crippen molar-refractivity contribution in [2.75, 3.05) is 13.2 Å². The second kappa shape index (κ2) is 20.7. The van der Waals surface area contributed by atoms with Crippen LogP contribution in [0.5, 0.6) is 0 Å². The van der Waals surface area contributed by atoms with Crippen molar-refractivity contribution in [3.8, 4) is 0 Å². The number of unbranched alkanes of at least 4 members (excludes halogenated alkanes) is 9. The average Bonchev–Trinajstić information content (AvgIpc) is 2.69. The van der Waals surface area contributed by atoms with Crippen LogP contribution in [0.15, 0.2) is 0 Å². The van der Waals surface area contributed by atoms with Gasteiger partial charge in [0, 0.05) is 6.42 Å². The Bertz CT molecular complexity index is 368. The minimum Gasteiger partial charge on any atom is -0.466 e. The minimum atomic E-state index is -0.0782. The van der Waals surface area contributed by atoms with E-state index in [1.54, 1.807) is 0 Å². The monoisotopic (exact) mass is 398 g/mol. The zero-order chi connectivity index (χ0) is 20.9. The Labute approximate surface area is 174 Å². The fourth-order valence-corrected chi connectivity index (χ4v) is 3.27. The molecule has 0 radical (unpaired) electrons. The van der Waals surface area contributed by atoms with Gasteiger partial charge in [0.05, 0.1) is 19.1 Å². The number of esters is 2. The van der Waals surface area contributed by atoms with Gasteiger partial charge in [0.25, 0.3) is 0 Å². The van der Waals surface area contributed by atoms with E-state index in [0.29, 0.717) is 19.6 Å². The van der Waals surface area contributed by atoms with Crippen molar-refractivity contribution in [3.05, 3.63) is 0 Å². The Balaban J connectivity index is 3.86. The molecule has 0 heterocycles. The summed E-state index contributed by atoms with van der Waals surface area (Å²) in [5, 5.41) is 0. The van der Waals surface area contributed by atoms with Crippen LogP contribution in [0.3, 0.4) is 0 Å². The van der Waals surface area contributed by atoms with Crippen molar-refractivity contribution in [1.29, 1.82) is 0 Å². The first-order chi connectivity index (χ1) is 13.7. The van der Waals surface area contributed by atoms with E-state index in [9.17, 15) is 9.59 Å². The Morgan fingerprint density at radius 3 is 1.75 bits per heavy atom. The van der Waals surface area contributed by atoms with E-state index < -0.39 is 0 Å². The van der Waals surface area contributed by atoms with Crippen molar-refractivity contribution in [2.45, 2.75) is 124 Å². The van der Waals surface area contributed by atoms with Gasteiger partial charge < -0.3 is 9.47 Å². The molecule has 28 heavy (non-hydrogen) atoms. The number of ether oxygens (including phenoxy) is 2. The van der Waals surface area contributed by atoms with Crippen LogP contribution >= 0.6 is 0 Å². The molecule has 0 aliphatic rings. The molecule has 0 fully saturated rings. The fourth-order valence-electron chi connectivity index (χ4n) is 3.27. The van der Waals surface area contributed by atoms with Gasteiger partial charge in [-0.2, -0.15) is 0 Å². The van der Waals surface area contributed by atoms with Gasteiger partial charge in [-0.15, -0.1) is 0 Å². The summed E-state index contributed by atoms with van der Waals surface area (Å²) >= 11 is 0. The Morgan fingerprint density at radius 2 is 1.14 bits per heavy atom. The molecule has 0 saturated carbocycles. The van der Waals surface area contributed by atoms with Gasteiger partial charge in [0.1, 0.15) is 0 Å². The molecule has 4 nitrogen and oxygen atoms in total.